The first-order valence-corrected chi connectivity index (χ1v) is 8.53. The lowest BCUT2D eigenvalue weighted by Gasteiger charge is -2.35. The topological polar surface area (TPSA) is 26.7 Å². The Kier molecular flexibility index (Phi) is 5.28. The number of rotatable bonds is 4. The quantitative estimate of drug-likeness (QED) is 0.922. The molecular weight excluding hydrogens is 260 g/mol. The predicted molar refractivity (Wildman–Crippen MR) is 86.5 cm³/mol. The summed E-state index contributed by atoms with van der Waals surface area (Å²) in [5.41, 5.74) is 3.14. The fraction of sp³-hybridized carbons (Fsp3) is 0.667. The molecule has 21 heavy (non-hydrogen) atoms. The lowest BCUT2D eigenvalue weighted by molar-refractivity contribution is 0.178. The second-order valence-electron chi connectivity index (χ2n) is 6.42. The van der Waals surface area contributed by atoms with Crippen LogP contribution in [0.4, 0.5) is 0 Å². The van der Waals surface area contributed by atoms with Gasteiger partial charge >= 0.3 is 0 Å². The highest BCUT2D eigenvalue weighted by atomic mass is 16.3. The summed E-state index contributed by atoms with van der Waals surface area (Å²) in [5, 5.41) is 9.00. The molecule has 0 aromatic heterocycles. The highest BCUT2D eigenvalue weighted by Crippen LogP contribution is 2.34. The number of benzene rings is 1. The van der Waals surface area contributed by atoms with Crippen molar-refractivity contribution < 1.29 is 5.11 Å². The van der Waals surface area contributed by atoms with Crippen LogP contribution in [-0.2, 0) is 6.42 Å². The molecule has 1 fully saturated rings. The molecule has 1 aromatic carbocycles. The first-order valence-electron chi connectivity index (χ1n) is 8.53. The van der Waals surface area contributed by atoms with Crippen LogP contribution < -0.4 is 0 Å². The Bertz CT molecular complexity index is 449. The van der Waals surface area contributed by atoms with Crippen LogP contribution in [0, 0.1) is 0 Å². The van der Waals surface area contributed by atoms with Gasteiger partial charge in [-0.05, 0) is 49.8 Å². The number of hydrogen-bond acceptors (Lipinski definition) is 3. The molecule has 3 nitrogen and oxygen atoms in total. The van der Waals surface area contributed by atoms with E-state index in [2.05, 4.69) is 34.1 Å². The standard InChI is InChI=1S/C18H28N2O/c21-15-5-11-19-10-4-12-20(14-13-19)18-9-3-7-16-6-1-2-8-17(16)18/h1-2,6,8,18,21H,3-5,7,9-15H2/t18-/m0/s1. The molecule has 3 rings (SSSR count). The minimum atomic E-state index is 0.316. The van der Waals surface area contributed by atoms with Gasteiger partial charge in [0.1, 0.15) is 0 Å². The van der Waals surface area contributed by atoms with Gasteiger partial charge in [-0.2, -0.15) is 0 Å². The van der Waals surface area contributed by atoms with Gasteiger partial charge in [0.15, 0.2) is 0 Å². The van der Waals surface area contributed by atoms with Crippen molar-refractivity contribution in [1.29, 1.82) is 0 Å². The second-order valence-corrected chi connectivity index (χ2v) is 6.42. The van der Waals surface area contributed by atoms with E-state index in [-0.39, 0.29) is 0 Å². The van der Waals surface area contributed by atoms with Gasteiger partial charge < -0.3 is 10.0 Å². The summed E-state index contributed by atoms with van der Waals surface area (Å²) in [6.45, 7) is 6.09. The van der Waals surface area contributed by atoms with Crippen molar-refractivity contribution >= 4 is 0 Å². The maximum Gasteiger partial charge on any atom is 0.0443 e. The van der Waals surface area contributed by atoms with E-state index >= 15 is 0 Å². The van der Waals surface area contributed by atoms with Crippen LogP contribution in [0.15, 0.2) is 24.3 Å². The van der Waals surface area contributed by atoms with Gasteiger partial charge in [0.25, 0.3) is 0 Å². The van der Waals surface area contributed by atoms with Crippen LogP contribution >= 0.6 is 0 Å². The van der Waals surface area contributed by atoms with E-state index in [1.165, 1.54) is 45.3 Å². The Labute approximate surface area is 128 Å². The summed E-state index contributed by atoms with van der Waals surface area (Å²) >= 11 is 0. The monoisotopic (exact) mass is 288 g/mol. The molecular formula is C18H28N2O. The molecule has 1 aliphatic carbocycles. The number of nitrogens with zero attached hydrogens (tertiary/aromatic N) is 2. The summed E-state index contributed by atoms with van der Waals surface area (Å²) in [5.74, 6) is 0. The molecule has 1 heterocycles. The average Bonchev–Trinajstić information content (AvgIpc) is 2.78. The van der Waals surface area contributed by atoms with Gasteiger partial charge in [0.05, 0.1) is 0 Å². The molecule has 0 radical (unpaired) electrons. The number of hydrogen-bond donors (Lipinski definition) is 1. The van der Waals surface area contributed by atoms with Crippen molar-refractivity contribution in [2.24, 2.45) is 0 Å². The van der Waals surface area contributed by atoms with Crippen molar-refractivity contribution in [2.45, 2.75) is 38.1 Å². The van der Waals surface area contributed by atoms with Crippen LogP contribution in [-0.4, -0.2) is 54.2 Å². The van der Waals surface area contributed by atoms with Crippen LogP contribution in [0.2, 0.25) is 0 Å². The minimum absolute atomic E-state index is 0.316. The molecule has 1 saturated heterocycles. The first-order chi connectivity index (χ1) is 10.4. The molecule has 1 aliphatic heterocycles. The van der Waals surface area contributed by atoms with E-state index in [0.717, 1.165) is 19.5 Å². The van der Waals surface area contributed by atoms with E-state index in [4.69, 9.17) is 5.11 Å². The van der Waals surface area contributed by atoms with E-state index in [1.54, 1.807) is 11.1 Å². The van der Waals surface area contributed by atoms with Crippen LogP contribution in [0.3, 0.4) is 0 Å². The maximum atomic E-state index is 9.00. The fourth-order valence-electron chi connectivity index (χ4n) is 3.93. The zero-order chi connectivity index (χ0) is 14.5. The van der Waals surface area contributed by atoms with Gasteiger partial charge in [-0.3, -0.25) is 4.90 Å². The SMILES string of the molecule is OCCCN1CCCN([C@H]2CCCc3ccccc32)CC1. The minimum Gasteiger partial charge on any atom is -0.396 e. The van der Waals surface area contributed by atoms with Gasteiger partial charge in [0, 0.05) is 38.8 Å². The maximum absolute atomic E-state index is 9.00. The molecule has 0 bridgehead atoms. The second kappa shape index (κ2) is 7.39. The molecule has 1 atom stereocenters. The van der Waals surface area contributed by atoms with Crippen LogP contribution in [0.5, 0.6) is 0 Å². The Morgan fingerprint density at radius 3 is 2.86 bits per heavy atom. The first kappa shape index (κ1) is 15.0. The summed E-state index contributed by atoms with van der Waals surface area (Å²) in [7, 11) is 0. The molecule has 1 N–H and O–H groups in total. The molecule has 0 saturated carbocycles. The third kappa shape index (κ3) is 3.65. The zero-order valence-electron chi connectivity index (χ0n) is 13.0. The van der Waals surface area contributed by atoms with Crippen LogP contribution in [0.25, 0.3) is 0 Å². The highest BCUT2D eigenvalue weighted by Gasteiger charge is 2.27. The lowest BCUT2D eigenvalue weighted by atomic mass is 9.87. The summed E-state index contributed by atoms with van der Waals surface area (Å²) in [6.07, 6.45) is 6.06. The number of aryl methyl sites for hydroxylation is 1. The van der Waals surface area contributed by atoms with E-state index < -0.39 is 0 Å². The van der Waals surface area contributed by atoms with Crippen molar-refractivity contribution in [3.05, 3.63) is 35.4 Å². The van der Waals surface area contributed by atoms with Gasteiger partial charge in [0.2, 0.25) is 0 Å². The summed E-state index contributed by atoms with van der Waals surface area (Å²) < 4.78 is 0. The summed E-state index contributed by atoms with van der Waals surface area (Å²) in [4.78, 5) is 5.22. The molecule has 3 heteroatoms. The van der Waals surface area contributed by atoms with Gasteiger partial charge in [-0.25, -0.2) is 0 Å². The number of aliphatic hydroxyl groups excluding tert-OH is 1. The lowest BCUT2D eigenvalue weighted by Crippen LogP contribution is -2.35. The molecule has 116 valence electrons. The van der Waals surface area contributed by atoms with Crippen molar-refractivity contribution in [2.75, 3.05) is 39.3 Å². The Morgan fingerprint density at radius 1 is 1.05 bits per heavy atom. The smallest absolute Gasteiger partial charge is 0.0443 e. The summed E-state index contributed by atoms with van der Waals surface area (Å²) in [6, 6.07) is 9.66. The molecule has 2 aliphatic rings. The van der Waals surface area contributed by atoms with E-state index in [1.807, 2.05) is 0 Å². The van der Waals surface area contributed by atoms with Crippen molar-refractivity contribution in [3.63, 3.8) is 0 Å². The zero-order valence-corrected chi connectivity index (χ0v) is 13.0. The molecule has 0 unspecified atom stereocenters. The van der Waals surface area contributed by atoms with E-state index in [0.29, 0.717) is 12.6 Å². The molecule has 0 amide bonds. The number of fused-ring (bicyclic) bond motifs is 1. The predicted octanol–water partition coefficient (Wildman–Crippen LogP) is 2.45. The Hall–Kier alpha value is -0.900. The van der Waals surface area contributed by atoms with Crippen molar-refractivity contribution in [1.82, 2.24) is 9.80 Å². The third-order valence-corrected chi connectivity index (χ3v) is 5.03. The van der Waals surface area contributed by atoms with Crippen LogP contribution in [0.1, 0.15) is 42.9 Å². The van der Waals surface area contributed by atoms with Gasteiger partial charge in [-0.15, -0.1) is 0 Å². The number of aliphatic hydroxyl groups is 1. The Balaban J connectivity index is 1.65. The fourth-order valence-corrected chi connectivity index (χ4v) is 3.93. The average molecular weight is 288 g/mol. The highest BCUT2D eigenvalue weighted by molar-refractivity contribution is 5.32. The molecule has 1 aromatic rings. The van der Waals surface area contributed by atoms with Gasteiger partial charge in [-0.1, -0.05) is 24.3 Å². The van der Waals surface area contributed by atoms with Crippen molar-refractivity contribution in [3.8, 4) is 0 Å². The molecule has 0 spiro atoms. The normalized spacial score (nSPS) is 24.5. The largest absolute Gasteiger partial charge is 0.396 e. The Morgan fingerprint density at radius 2 is 1.95 bits per heavy atom. The van der Waals surface area contributed by atoms with E-state index in [9.17, 15) is 0 Å². The third-order valence-electron chi connectivity index (χ3n) is 5.03.